The maximum Gasteiger partial charge on any atom is 0.317 e. The lowest BCUT2D eigenvalue weighted by Gasteiger charge is -2.32. The fraction of sp³-hybridized carbons (Fsp3) is 0.875. The first-order valence-corrected chi connectivity index (χ1v) is 8.37. The molecule has 5 heteroatoms. The summed E-state index contributed by atoms with van der Waals surface area (Å²) in [5.41, 5.74) is 0. The fourth-order valence-corrected chi connectivity index (χ4v) is 3.77. The molecule has 1 heterocycles. The summed E-state index contributed by atoms with van der Waals surface area (Å²) in [6, 6.07) is -0.0130. The molecule has 0 aromatic rings. The zero-order valence-electron chi connectivity index (χ0n) is 13.0. The molecule has 0 radical (unpaired) electrons. The third kappa shape index (κ3) is 4.35. The lowest BCUT2D eigenvalue weighted by molar-refractivity contribution is -0.142. The Hall–Kier alpha value is -1.26. The number of hydrogen-bond donors (Lipinski definition) is 2. The van der Waals surface area contributed by atoms with Gasteiger partial charge in [-0.1, -0.05) is 26.2 Å². The number of carbonyl (C=O) groups excluding carboxylic acids is 1. The summed E-state index contributed by atoms with van der Waals surface area (Å²) in [5, 5.41) is 12.1. The Balaban J connectivity index is 1.71. The van der Waals surface area contributed by atoms with Gasteiger partial charge >= 0.3 is 12.0 Å². The third-order valence-corrected chi connectivity index (χ3v) is 5.09. The molecule has 0 spiro atoms. The molecule has 21 heavy (non-hydrogen) atoms. The van der Waals surface area contributed by atoms with Crippen molar-refractivity contribution < 1.29 is 14.7 Å². The minimum absolute atomic E-state index is 0.0130. The van der Waals surface area contributed by atoms with Gasteiger partial charge in [0.1, 0.15) is 0 Å². The summed E-state index contributed by atoms with van der Waals surface area (Å²) in [7, 11) is 0. The molecule has 2 unspecified atom stereocenters. The van der Waals surface area contributed by atoms with E-state index in [1.165, 1.54) is 12.8 Å². The van der Waals surface area contributed by atoms with E-state index >= 15 is 0 Å². The SMILES string of the molecule is CCCC1CCN(C(=O)NCC2CCCC2C(=O)O)CC1. The van der Waals surface area contributed by atoms with Crippen LogP contribution in [0, 0.1) is 17.8 Å². The minimum Gasteiger partial charge on any atom is -0.481 e. The number of nitrogens with one attached hydrogen (secondary N) is 1. The van der Waals surface area contributed by atoms with Gasteiger partial charge in [-0.05, 0) is 37.5 Å². The maximum absolute atomic E-state index is 12.2. The molecular formula is C16H28N2O3. The molecule has 1 aliphatic carbocycles. The molecule has 0 bridgehead atoms. The standard InChI is InChI=1S/C16H28N2O3/c1-2-4-12-7-9-18(10-8-12)16(21)17-11-13-5-3-6-14(13)15(19)20/h12-14H,2-11H2,1H3,(H,17,21)(H,19,20). The smallest absolute Gasteiger partial charge is 0.317 e. The maximum atomic E-state index is 12.2. The molecule has 120 valence electrons. The zero-order chi connectivity index (χ0) is 15.2. The Morgan fingerprint density at radius 1 is 1.19 bits per heavy atom. The first-order valence-electron chi connectivity index (χ1n) is 8.37. The van der Waals surface area contributed by atoms with E-state index in [2.05, 4.69) is 12.2 Å². The fourth-order valence-electron chi connectivity index (χ4n) is 3.77. The molecule has 1 saturated carbocycles. The number of nitrogens with zero attached hydrogens (tertiary/aromatic N) is 1. The van der Waals surface area contributed by atoms with Crippen molar-refractivity contribution in [3.05, 3.63) is 0 Å². The monoisotopic (exact) mass is 296 g/mol. The molecule has 2 fully saturated rings. The number of hydrogen-bond acceptors (Lipinski definition) is 2. The van der Waals surface area contributed by atoms with Crippen molar-refractivity contribution in [2.75, 3.05) is 19.6 Å². The van der Waals surface area contributed by atoms with Gasteiger partial charge in [0.2, 0.25) is 0 Å². The first-order chi connectivity index (χ1) is 10.1. The second-order valence-corrected chi connectivity index (χ2v) is 6.54. The van der Waals surface area contributed by atoms with Gasteiger partial charge in [0.15, 0.2) is 0 Å². The summed E-state index contributed by atoms with van der Waals surface area (Å²) in [5.74, 6) is -0.123. The van der Waals surface area contributed by atoms with Crippen molar-refractivity contribution in [1.29, 1.82) is 0 Å². The summed E-state index contributed by atoms with van der Waals surface area (Å²) >= 11 is 0. The number of rotatable bonds is 5. The van der Waals surface area contributed by atoms with E-state index in [1.54, 1.807) is 0 Å². The lowest BCUT2D eigenvalue weighted by Crippen LogP contribution is -2.46. The van der Waals surface area contributed by atoms with Crippen molar-refractivity contribution in [3.8, 4) is 0 Å². The van der Waals surface area contributed by atoms with Crippen LogP contribution in [0.2, 0.25) is 0 Å². The number of piperidine rings is 1. The van der Waals surface area contributed by atoms with Crippen LogP contribution >= 0.6 is 0 Å². The second kappa shape index (κ2) is 7.66. The van der Waals surface area contributed by atoms with Crippen molar-refractivity contribution in [1.82, 2.24) is 10.2 Å². The number of amides is 2. The first kappa shape index (κ1) is 16.1. The predicted molar refractivity (Wildman–Crippen MR) is 81.1 cm³/mol. The summed E-state index contributed by atoms with van der Waals surface area (Å²) < 4.78 is 0. The summed E-state index contributed by atoms with van der Waals surface area (Å²) in [4.78, 5) is 25.2. The van der Waals surface area contributed by atoms with Gasteiger partial charge in [0.05, 0.1) is 5.92 Å². The van der Waals surface area contributed by atoms with Crippen molar-refractivity contribution in [2.45, 2.75) is 51.9 Å². The van der Waals surface area contributed by atoms with Crippen molar-refractivity contribution >= 4 is 12.0 Å². The molecule has 2 aliphatic rings. The molecule has 1 saturated heterocycles. The van der Waals surface area contributed by atoms with Crippen LogP contribution in [0.3, 0.4) is 0 Å². The Morgan fingerprint density at radius 2 is 1.90 bits per heavy atom. The predicted octanol–water partition coefficient (Wildman–Crippen LogP) is 2.71. The number of carboxylic acid groups (broad SMARTS) is 1. The zero-order valence-corrected chi connectivity index (χ0v) is 13.0. The highest BCUT2D eigenvalue weighted by atomic mass is 16.4. The summed E-state index contributed by atoms with van der Waals surface area (Å²) in [6.45, 7) is 4.39. The van der Waals surface area contributed by atoms with E-state index in [-0.39, 0.29) is 17.9 Å². The number of likely N-dealkylation sites (tertiary alicyclic amines) is 1. The normalized spacial score (nSPS) is 26.8. The molecule has 0 aromatic carbocycles. The van der Waals surface area contributed by atoms with Gasteiger partial charge in [0.25, 0.3) is 0 Å². The lowest BCUT2D eigenvalue weighted by atomic mass is 9.93. The van der Waals surface area contributed by atoms with Crippen LogP contribution in [0.5, 0.6) is 0 Å². The van der Waals surface area contributed by atoms with Crippen LogP contribution in [0.4, 0.5) is 4.79 Å². The van der Waals surface area contributed by atoms with Crippen molar-refractivity contribution in [2.24, 2.45) is 17.8 Å². The highest BCUT2D eigenvalue weighted by molar-refractivity contribution is 5.74. The van der Waals surface area contributed by atoms with Gasteiger partial charge in [-0.15, -0.1) is 0 Å². The minimum atomic E-state index is -0.716. The molecule has 1 aliphatic heterocycles. The molecular weight excluding hydrogens is 268 g/mol. The van der Waals surface area contributed by atoms with E-state index in [4.69, 9.17) is 5.11 Å². The van der Waals surface area contributed by atoms with Gasteiger partial charge in [-0.3, -0.25) is 4.79 Å². The number of aliphatic carboxylic acids is 1. The van der Waals surface area contributed by atoms with Gasteiger partial charge < -0.3 is 15.3 Å². The molecule has 2 amide bonds. The van der Waals surface area contributed by atoms with Crippen LogP contribution < -0.4 is 5.32 Å². The van der Waals surface area contributed by atoms with E-state index in [1.807, 2.05) is 4.90 Å². The molecule has 5 nitrogen and oxygen atoms in total. The largest absolute Gasteiger partial charge is 0.481 e. The molecule has 2 N–H and O–H groups in total. The van der Waals surface area contributed by atoms with E-state index < -0.39 is 5.97 Å². The third-order valence-electron chi connectivity index (χ3n) is 5.09. The highest BCUT2D eigenvalue weighted by Crippen LogP contribution is 2.31. The average Bonchev–Trinajstić information content (AvgIpc) is 2.94. The number of carbonyl (C=O) groups is 2. The quantitative estimate of drug-likeness (QED) is 0.819. The Kier molecular flexibility index (Phi) is 5.88. The van der Waals surface area contributed by atoms with Crippen LogP contribution in [0.25, 0.3) is 0 Å². The molecule has 0 aromatic heterocycles. The summed E-state index contributed by atoms with van der Waals surface area (Å²) in [6.07, 6.45) is 7.30. The van der Waals surface area contributed by atoms with Crippen LogP contribution in [0.15, 0.2) is 0 Å². The average molecular weight is 296 g/mol. The van der Waals surface area contributed by atoms with Gasteiger partial charge in [-0.25, -0.2) is 4.79 Å². The number of urea groups is 1. The van der Waals surface area contributed by atoms with E-state index in [9.17, 15) is 9.59 Å². The topological polar surface area (TPSA) is 69.6 Å². The van der Waals surface area contributed by atoms with Crippen LogP contribution in [-0.4, -0.2) is 41.6 Å². The van der Waals surface area contributed by atoms with Crippen LogP contribution in [0.1, 0.15) is 51.9 Å². The van der Waals surface area contributed by atoms with Crippen LogP contribution in [-0.2, 0) is 4.79 Å². The van der Waals surface area contributed by atoms with Crippen molar-refractivity contribution in [3.63, 3.8) is 0 Å². The van der Waals surface area contributed by atoms with Gasteiger partial charge in [0, 0.05) is 19.6 Å². The Morgan fingerprint density at radius 3 is 2.52 bits per heavy atom. The second-order valence-electron chi connectivity index (χ2n) is 6.54. The Bertz CT molecular complexity index is 365. The van der Waals surface area contributed by atoms with E-state index in [0.29, 0.717) is 6.54 Å². The van der Waals surface area contributed by atoms with Gasteiger partial charge in [-0.2, -0.15) is 0 Å². The van der Waals surface area contributed by atoms with E-state index in [0.717, 1.165) is 51.1 Å². The molecule has 2 atom stereocenters. The Labute approximate surface area is 127 Å². The highest BCUT2D eigenvalue weighted by Gasteiger charge is 2.33. The molecule has 2 rings (SSSR count). The number of carboxylic acids is 1.